The fourth-order valence-electron chi connectivity index (χ4n) is 3.41. The average Bonchev–Trinajstić information content (AvgIpc) is 3.52. The van der Waals surface area contributed by atoms with Crippen molar-refractivity contribution in [2.75, 3.05) is 13.7 Å². The minimum absolute atomic E-state index is 0.305. The summed E-state index contributed by atoms with van der Waals surface area (Å²) in [5, 5.41) is 5.96. The number of amides is 1. The quantitative estimate of drug-likeness (QED) is 0.414. The first kappa shape index (κ1) is 21.1. The molecule has 2 aromatic carbocycles. The second-order valence-corrected chi connectivity index (χ2v) is 7.10. The number of nitrogens with zero attached hydrogens (tertiary/aromatic N) is 2. The number of methoxy groups -OCH3 is 1. The molecule has 32 heavy (non-hydrogen) atoms. The molecule has 4 rings (SSSR count). The maximum absolute atomic E-state index is 12.9. The van der Waals surface area contributed by atoms with Crippen molar-refractivity contribution >= 4 is 23.7 Å². The number of esters is 1. The third-order valence-electron chi connectivity index (χ3n) is 5.04. The lowest BCUT2D eigenvalue weighted by Gasteiger charge is -2.22. The third-order valence-corrected chi connectivity index (χ3v) is 5.04. The van der Waals surface area contributed by atoms with E-state index in [0.717, 1.165) is 22.6 Å². The van der Waals surface area contributed by atoms with Gasteiger partial charge in [0.25, 0.3) is 5.91 Å². The van der Waals surface area contributed by atoms with Gasteiger partial charge in [0, 0.05) is 12.5 Å². The Hall–Kier alpha value is -4.13. The van der Waals surface area contributed by atoms with Crippen molar-refractivity contribution in [1.29, 1.82) is 0 Å². The van der Waals surface area contributed by atoms with Crippen LogP contribution < -0.4 is 4.74 Å². The summed E-state index contributed by atoms with van der Waals surface area (Å²) in [6, 6.07) is 20.3. The second-order valence-electron chi connectivity index (χ2n) is 7.10. The van der Waals surface area contributed by atoms with E-state index in [1.807, 2.05) is 54.6 Å². The first-order valence-electron chi connectivity index (χ1n) is 10.1. The molecule has 0 saturated heterocycles. The Balaban J connectivity index is 1.49. The van der Waals surface area contributed by atoms with Crippen LogP contribution in [-0.2, 0) is 14.3 Å². The number of furan rings is 1. The molecule has 0 saturated carbocycles. The number of rotatable bonds is 7. The van der Waals surface area contributed by atoms with Crippen LogP contribution in [0.3, 0.4) is 0 Å². The molecule has 0 fully saturated rings. The normalized spacial score (nSPS) is 15.6. The van der Waals surface area contributed by atoms with E-state index in [2.05, 4.69) is 5.10 Å². The highest BCUT2D eigenvalue weighted by molar-refractivity contribution is 6.03. The smallest absolute Gasteiger partial charge is 0.331 e. The van der Waals surface area contributed by atoms with Gasteiger partial charge in [-0.2, -0.15) is 5.10 Å². The lowest BCUT2D eigenvalue weighted by molar-refractivity contribution is -0.149. The van der Waals surface area contributed by atoms with Crippen molar-refractivity contribution in [2.45, 2.75) is 12.5 Å². The van der Waals surface area contributed by atoms with E-state index in [4.69, 9.17) is 13.9 Å². The standard InChI is InChI=1S/C25H22N2O5/c1-30-20-11-9-19(10-12-20)23-16-22(18-6-3-2-4-7-18)26-27(23)24(28)17-32-25(29)14-13-21-8-5-15-31-21/h2-15,23H,16-17H2,1H3/b14-13+. The van der Waals surface area contributed by atoms with Crippen molar-refractivity contribution in [2.24, 2.45) is 5.10 Å². The third kappa shape index (κ3) is 4.95. The van der Waals surface area contributed by atoms with Gasteiger partial charge in [-0.1, -0.05) is 42.5 Å². The average molecular weight is 430 g/mol. The molecule has 1 aromatic heterocycles. The highest BCUT2D eigenvalue weighted by atomic mass is 16.5. The van der Waals surface area contributed by atoms with Crippen LogP contribution in [0.25, 0.3) is 6.08 Å². The van der Waals surface area contributed by atoms with Crippen molar-refractivity contribution in [3.05, 3.63) is 96.0 Å². The molecule has 3 aromatic rings. The lowest BCUT2D eigenvalue weighted by Crippen LogP contribution is -2.31. The predicted molar refractivity (Wildman–Crippen MR) is 119 cm³/mol. The van der Waals surface area contributed by atoms with E-state index in [9.17, 15) is 9.59 Å². The summed E-state index contributed by atoms with van der Waals surface area (Å²) in [5.74, 6) is 0.203. The Bertz CT molecular complexity index is 1120. The predicted octanol–water partition coefficient (Wildman–Crippen LogP) is 4.22. The van der Waals surface area contributed by atoms with Crippen LogP contribution in [0.5, 0.6) is 5.75 Å². The highest BCUT2D eigenvalue weighted by Gasteiger charge is 2.33. The summed E-state index contributed by atoms with van der Waals surface area (Å²) >= 11 is 0. The van der Waals surface area contributed by atoms with Crippen LogP contribution in [0, 0.1) is 0 Å². The van der Waals surface area contributed by atoms with Gasteiger partial charge in [-0.15, -0.1) is 0 Å². The Morgan fingerprint density at radius 3 is 2.56 bits per heavy atom. The number of hydrazone groups is 1. The molecule has 1 unspecified atom stereocenters. The van der Waals surface area contributed by atoms with E-state index < -0.39 is 18.5 Å². The largest absolute Gasteiger partial charge is 0.497 e. The molecule has 1 aliphatic rings. The topological polar surface area (TPSA) is 81.3 Å². The van der Waals surface area contributed by atoms with Gasteiger partial charge in [-0.05, 0) is 41.5 Å². The van der Waals surface area contributed by atoms with Crippen LogP contribution in [0.4, 0.5) is 0 Å². The molecule has 0 aliphatic carbocycles. The number of hydrogen-bond donors (Lipinski definition) is 0. The van der Waals surface area contributed by atoms with Crippen LogP contribution >= 0.6 is 0 Å². The van der Waals surface area contributed by atoms with Gasteiger partial charge in [0.15, 0.2) is 6.61 Å². The Morgan fingerprint density at radius 1 is 1.09 bits per heavy atom. The van der Waals surface area contributed by atoms with Crippen molar-refractivity contribution in [1.82, 2.24) is 5.01 Å². The first-order valence-corrected chi connectivity index (χ1v) is 10.1. The van der Waals surface area contributed by atoms with Gasteiger partial charge in [-0.3, -0.25) is 4.79 Å². The lowest BCUT2D eigenvalue weighted by atomic mass is 9.98. The molecule has 0 spiro atoms. The number of hydrogen-bond acceptors (Lipinski definition) is 6. The molecular weight excluding hydrogens is 408 g/mol. The number of carbonyl (C=O) groups excluding carboxylic acids is 2. The van der Waals surface area contributed by atoms with Crippen LogP contribution in [0.1, 0.15) is 29.3 Å². The molecule has 1 atom stereocenters. The maximum Gasteiger partial charge on any atom is 0.331 e. The zero-order valence-electron chi connectivity index (χ0n) is 17.5. The molecule has 1 amide bonds. The fraction of sp³-hybridized carbons (Fsp3) is 0.160. The molecular formula is C25H22N2O5. The van der Waals surface area contributed by atoms with E-state index in [1.54, 1.807) is 19.2 Å². The minimum Gasteiger partial charge on any atom is -0.497 e. The molecule has 7 nitrogen and oxygen atoms in total. The van der Waals surface area contributed by atoms with E-state index in [-0.39, 0.29) is 6.04 Å². The van der Waals surface area contributed by atoms with E-state index in [0.29, 0.717) is 12.2 Å². The number of carbonyl (C=O) groups is 2. The molecule has 1 aliphatic heterocycles. The second kappa shape index (κ2) is 9.78. The molecule has 7 heteroatoms. The van der Waals surface area contributed by atoms with Crippen LogP contribution in [-0.4, -0.2) is 36.3 Å². The summed E-state index contributed by atoms with van der Waals surface area (Å²) in [6.07, 6.45) is 4.75. The molecule has 2 heterocycles. The Kier molecular flexibility index (Phi) is 6.46. The number of ether oxygens (including phenoxy) is 2. The van der Waals surface area contributed by atoms with E-state index >= 15 is 0 Å². The molecule has 0 bridgehead atoms. The van der Waals surface area contributed by atoms with Gasteiger partial charge < -0.3 is 13.9 Å². The number of benzene rings is 2. The summed E-state index contributed by atoms with van der Waals surface area (Å²) in [7, 11) is 1.60. The monoisotopic (exact) mass is 430 g/mol. The zero-order valence-corrected chi connectivity index (χ0v) is 17.5. The minimum atomic E-state index is -0.637. The van der Waals surface area contributed by atoms with Gasteiger partial charge in [-0.25, -0.2) is 9.80 Å². The summed E-state index contributed by atoms with van der Waals surface area (Å²) < 4.78 is 15.5. The summed E-state index contributed by atoms with van der Waals surface area (Å²) in [5.41, 5.74) is 2.65. The van der Waals surface area contributed by atoms with Crippen molar-refractivity contribution in [3.8, 4) is 5.75 Å². The zero-order chi connectivity index (χ0) is 22.3. The Morgan fingerprint density at radius 2 is 1.88 bits per heavy atom. The van der Waals surface area contributed by atoms with E-state index in [1.165, 1.54) is 23.4 Å². The first-order chi connectivity index (χ1) is 15.6. The van der Waals surface area contributed by atoms with Gasteiger partial charge in [0.2, 0.25) is 0 Å². The summed E-state index contributed by atoms with van der Waals surface area (Å²) in [6.45, 7) is -0.417. The van der Waals surface area contributed by atoms with Crippen molar-refractivity contribution < 1.29 is 23.5 Å². The van der Waals surface area contributed by atoms with Crippen LogP contribution in [0.15, 0.2) is 88.6 Å². The molecule has 162 valence electrons. The van der Waals surface area contributed by atoms with Gasteiger partial charge >= 0.3 is 5.97 Å². The van der Waals surface area contributed by atoms with Gasteiger partial charge in [0.05, 0.1) is 25.1 Å². The van der Waals surface area contributed by atoms with Gasteiger partial charge in [0.1, 0.15) is 11.5 Å². The maximum atomic E-state index is 12.9. The molecule has 0 radical (unpaired) electrons. The summed E-state index contributed by atoms with van der Waals surface area (Å²) in [4.78, 5) is 24.9. The fourth-order valence-corrected chi connectivity index (χ4v) is 3.41. The van der Waals surface area contributed by atoms with Crippen molar-refractivity contribution in [3.63, 3.8) is 0 Å². The molecule has 0 N–H and O–H groups in total. The highest BCUT2D eigenvalue weighted by Crippen LogP contribution is 2.33. The SMILES string of the molecule is COc1ccc(C2CC(c3ccccc3)=NN2C(=O)COC(=O)/C=C/c2ccco2)cc1. The van der Waals surface area contributed by atoms with Crippen LogP contribution in [0.2, 0.25) is 0 Å². The Labute approximate surface area is 185 Å².